The van der Waals surface area contributed by atoms with Gasteiger partial charge in [-0.05, 0) is 30.7 Å². The molecular formula is C17H24NO7P. The van der Waals surface area contributed by atoms with Gasteiger partial charge >= 0.3 is 19.7 Å². The minimum Gasteiger partial charge on any atom is -0.479 e. The van der Waals surface area contributed by atoms with E-state index in [9.17, 15) is 29.0 Å². The molecule has 1 amide bonds. The maximum absolute atomic E-state index is 12.5. The van der Waals surface area contributed by atoms with Crippen molar-refractivity contribution in [2.75, 3.05) is 12.7 Å². The lowest BCUT2D eigenvalue weighted by molar-refractivity contribution is -0.157. The molecule has 0 saturated carbocycles. The van der Waals surface area contributed by atoms with Crippen LogP contribution in [0.5, 0.6) is 0 Å². The van der Waals surface area contributed by atoms with Gasteiger partial charge in [-0.1, -0.05) is 37.3 Å². The van der Waals surface area contributed by atoms with Gasteiger partial charge in [-0.3, -0.25) is 9.46 Å². The van der Waals surface area contributed by atoms with Crippen LogP contribution in [0.4, 0.5) is 4.79 Å². The molecule has 0 radical (unpaired) electrons. The Morgan fingerprint density at radius 3 is 2.46 bits per heavy atom. The Labute approximate surface area is 151 Å². The highest BCUT2D eigenvalue weighted by atomic mass is 31.2. The van der Waals surface area contributed by atoms with Crippen LogP contribution in [0.25, 0.3) is 0 Å². The van der Waals surface area contributed by atoms with Crippen LogP contribution in [0.1, 0.15) is 25.8 Å². The summed E-state index contributed by atoms with van der Waals surface area (Å²) in [4.78, 5) is 44.1. The van der Waals surface area contributed by atoms with Crippen molar-refractivity contribution in [3.63, 3.8) is 0 Å². The van der Waals surface area contributed by atoms with E-state index in [2.05, 4.69) is 0 Å². The molecule has 1 aromatic carbocycles. The van der Waals surface area contributed by atoms with E-state index in [1.807, 2.05) is 6.07 Å². The lowest BCUT2D eigenvalue weighted by atomic mass is 9.73. The SMILES string of the molecule is CC1C(CP(=O)(O)O)CCN(C(=O)OCc2ccccc2)C1(C)C(=O)O. The molecule has 1 fully saturated rings. The van der Waals surface area contributed by atoms with Crippen LogP contribution in [0, 0.1) is 11.8 Å². The fourth-order valence-electron chi connectivity index (χ4n) is 3.43. The van der Waals surface area contributed by atoms with Crippen molar-refractivity contribution < 1.29 is 33.8 Å². The molecule has 1 aliphatic heterocycles. The highest BCUT2D eigenvalue weighted by molar-refractivity contribution is 7.51. The number of likely N-dealkylation sites (tertiary alicyclic amines) is 1. The molecule has 26 heavy (non-hydrogen) atoms. The highest BCUT2D eigenvalue weighted by Crippen LogP contribution is 2.46. The second kappa shape index (κ2) is 7.78. The fraction of sp³-hybridized carbons (Fsp3) is 0.529. The Morgan fingerprint density at radius 1 is 1.31 bits per heavy atom. The molecule has 9 heteroatoms. The number of carboxylic acids is 1. The average Bonchev–Trinajstić information content (AvgIpc) is 2.56. The van der Waals surface area contributed by atoms with E-state index >= 15 is 0 Å². The van der Waals surface area contributed by atoms with E-state index in [1.165, 1.54) is 6.92 Å². The van der Waals surface area contributed by atoms with Gasteiger partial charge < -0.3 is 19.6 Å². The molecule has 1 heterocycles. The summed E-state index contributed by atoms with van der Waals surface area (Å²) in [6, 6.07) is 9.03. The number of benzene rings is 1. The monoisotopic (exact) mass is 385 g/mol. The Kier molecular flexibility index (Phi) is 6.11. The lowest BCUT2D eigenvalue weighted by Crippen LogP contribution is -2.64. The lowest BCUT2D eigenvalue weighted by Gasteiger charge is -2.48. The number of nitrogens with zero attached hydrogens (tertiary/aromatic N) is 1. The molecular weight excluding hydrogens is 361 g/mol. The Balaban J connectivity index is 2.16. The Morgan fingerprint density at radius 2 is 1.92 bits per heavy atom. The molecule has 3 unspecified atom stereocenters. The number of hydrogen-bond acceptors (Lipinski definition) is 4. The summed E-state index contributed by atoms with van der Waals surface area (Å²) in [7, 11) is -4.28. The summed E-state index contributed by atoms with van der Waals surface area (Å²) in [5.74, 6) is -2.38. The third kappa shape index (κ3) is 4.44. The Bertz CT molecular complexity index is 704. The minimum atomic E-state index is -4.28. The predicted molar refractivity (Wildman–Crippen MR) is 93.6 cm³/mol. The number of carbonyl (C=O) groups is 2. The van der Waals surface area contributed by atoms with Crippen molar-refractivity contribution in [2.24, 2.45) is 11.8 Å². The first-order valence-corrected chi connectivity index (χ1v) is 10.1. The van der Waals surface area contributed by atoms with Crippen molar-refractivity contribution in [3.05, 3.63) is 35.9 Å². The quantitative estimate of drug-likeness (QED) is 0.664. The molecule has 8 nitrogen and oxygen atoms in total. The zero-order chi connectivity index (χ0) is 19.5. The third-order valence-electron chi connectivity index (χ3n) is 5.21. The molecule has 0 aliphatic carbocycles. The number of hydrogen-bond donors (Lipinski definition) is 3. The first-order valence-electron chi connectivity index (χ1n) is 8.32. The number of carbonyl (C=O) groups excluding carboxylic acids is 1. The highest BCUT2D eigenvalue weighted by Gasteiger charge is 2.53. The smallest absolute Gasteiger partial charge is 0.411 e. The number of amides is 1. The summed E-state index contributed by atoms with van der Waals surface area (Å²) in [6.07, 6.45) is -0.847. The number of piperidine rings is 1. The molecule has 1 aliphatic rings. The van der Waals surface area contributed by atoms with E-state index < -0.39 is 43.2 Å². The van der Waals surface area contributed by atoms with Crippen LogP contribution < -0.4 is 0 Å². The zero-order valence-corrected chi connectivity index (χ0v) is 15.6. The summed E-state index contributed by atoms with van der Waals surface area (Å²) < 4.78 is 16.6. The van der Waals surface area contributed by atoms with E-state index in [1.54, 1.807) is 31.2 Å². The minimum absolute atomic E-state index is 0.0200. The second-order valence-electron chi connectivity index (χ2n) is 6.83. The molecule has 144 valence electrons. The van der Waals surface area contributed by atoms with Gasteiger partial charge in [0.2, 0.25) is 0 Å². The van der Waals surface area contributed by atoms with E-state index in [-0.39, 0.29) is 13.2 Å². The zero-order valence-electron chi connectivity index (χ0n) is 14.7. The van der Waals surface area contributed by atoms with Gasteiger partial charge in [0.05, 0.1) is 6.16 Å². The fourth-order valence-corrected chi connectivity index (χ4v) is 4.53. The van der Waals surface area contributed by atoms with Gasteiger partial charge in [-0.15, -0.1) is 0 Å². The summed E-state index contributed by atoms with van der Waals surface area (Å²) in [5.41, 5.74) is -0.825. The molecule has 3 atom stereocenters. The van der Waals surface area contributed by atoms with Crippen molar-refractivity contribution in [1.29, 1.82) is 0 Å². The maximum atomic E-state index is 12.5. The van der Waals surface area contributed by atoms with Crippen LogP contribution in [0.15, 0.2) is 30.3 Å². The van der Waals surface area contributed by atoms with Gasteiger partial charge in [-0.25, -0.2) is 9.59 Å². The van der Waals surface area contributed by atoms with Gasteiger partial charge in [0, 0.05) is 6.54 Å². The van der Waals surface area contributed by atoms with Crippen molar-refractivity contribution in [3.8, 4) is 0 Å². The number of ether oxygens (including phenoxy) is 1. The molecule has 0 bridgehead atoms. The van der Waals surface area contributed by atoms with Crippen LogP contribution in [-0.2, 0) is 20.7 Å². The third-order valence-corrected chi connectivity index (χ3v) is 6.15. The maximum Gasteiger partial charge on any atom is 0.411 e. The predicted octanol–water partition coefficient (Wildman–Crippen LogP) is 2.30. The van der Waals surface area contributed by atoms with Crippen LogP contribution >= 0.6 is 7.60 Å². The van der Waals surface area contributed by atoms with Gasteiger partial charge in [0.15, 0.2) is 0 Å². The second-order valence-corrected chi connectivity index (χ2v) is 8.52. The van der Waals surface area contributed by atoms with Crippen molar-refractivity contribution >= 4 is 19.7 Å². The van der Waals surface area contributed by atoms with Gasteiger partial charge in [0.1, 0.15) is 12.1 Å². The number of carboxylic acid groups (broad SMARTS) is 1. The topological polar surface area (TPSA) is 124 Å². The summed E-state index contributed by atoms with van der Waals surface area (Å²) in [6.45, 7) is 3.08. The normalized spacial score (nSPS) is 26.4. The molecule has 2 rings (SSSR count). The van der Waals surface area contributed by atoms with E-state index in [4.69, 9.17) is 4.74 Å². The number of aliphatic carboxylic acids is 1. The van der Waals surface area contributed by atoms with Crippen LogP contribution in [0.2, 0.25) is 0 Å². The van der Waals surface area contributed by atoms with Crippen LogP contribution in [-0.4, -0.2) is 50.1 Å². The first kappa shape index (κ1) is 20.4. The average molecular weight is 385 g/mol. The molecule has 0 spiro atoms. The van der Waals surface area contributed by atoms with Crippen LogP contribution in [0.3, 0.4) is 0 Å². The van der Waals surface area contributed by atoms with Crippen molar-refractivity contribution in [2.45, 2.75) is 32.4 Å². The molecule has 3 N–H and O–H groups in total. The largest absolute Gasteiger partial charge is 0.479 e. The Hall–Kier alpha value is -1.89. The molecule has 1 aromatic rings. The summed E-state index contributed by atoms with van der Waals surface area (Å²) >= 11 is 0. The van der Waals surface area contributed by atoms with E-state index in [0.717, 1.165) is 10.5 Å². The van der Waals surface area contributed by atoms with Gasteiger partial charge in [0.25, 0.3) is 0 Å². The van der Waals surface area contributed by atoms with Gasteiger partial charge in [-0.2, -0.15) is 0 Å². The van der Waals surface area contributed by atoms with E-state index in [0.29, 0.717) is 6.42 Å². The standard InChI is InChI=1S/C17H24NO7P/c1-12-14(11-26(22,23)24)8-9-18(17(12,2)15(19)20)16(21)25-10-13-6-4-3-5-7-13/h3-7,12,14H,8-11H2,1-2H3,(H,19,20)(H2,22,23,24). The first-order chi connectivity index (χ1) is 12.1. The number of rotatable bonds is 5. The molecule has 1 saturated heterocycles. The van der Waals surface area contributed by atoms with Crippen molar-refractivity contribution in [1.82, 2.24) is 4.90 Å². The summed E-state index contributed by atoms with van der Waals surface area (Å²) in [5, 5.41) is 9.75. The molecule has 0 aromatic heterocycles.